The molecule has 0 saturated heterocycles. The Balaban J connectivity index is 0.00000338. The largest absolute Gasteiger partial charge is 0.507 e. The minimum atomic E-state index is -4.53. The minimum absolute atomic E-state index is 0. The lowest BCUT2D eigenvalue weighted by molar-refractivity contribution is -0.137. The molecule has 0 aliphatic rings. The van der Waals surface area contributed by atoms with E-state index in [1.165, 1.54) is 18.2 Å². The Hall–Kier alpha value is -1.14. The molecule has 2 nitrogen and oxygen atoms in total. The van der Waals surface area contributed by atoms with E-state index < -0.39 is 11.7 Å². The Bertz CT molecular complexity index is 786. The molecule has 0 unspecified atom stereocenters. The lowest BCUT2D eigenvalue weighted by atomic mass is 9.97. The second-order valence-electron chi connectivity index (χ2n) is 6.76. The zero-order chi connectivity index (χ0) is 19.0. The highest BCUT2D eigenvalue weighted by molar-refractivity contribution is 6.42. The van der Waals surface area contributed by atoms with E-state index in [0.29, 0.717) is 5.56 Å². The molecule has 0 bridgehead atoms. The summed E-state index contributed by atoms with van der Waals surface area (Å²) in [5.41, 5.74) is -0.582. The molecule has 8 heteroatoms. The summed E-state index contributed by atoms with van der Waals surface area (Å²) in [4.78, 5) is 0. The Morgan fingerprint density at radius 3 is 2.12 bits per heavy atom. The minimum Gasteiger partial charge on any atom is -0.507 e. The van der Waals surface area contributed by atoms with Crippen LogP contribution in [0.15, 0.2) is 30.3 Å². The summed E-state index contributed by atoms with van der Waals surface area (Å²) in [5, 5.41) is 14.1. The van der Waals surface area contributed by atoms with Crippen molar-refractivity contribution in [1.82, 2.24) is 5.32 Å². The van der Waals surface area contributed by atoms with E-state index in [2.05, 4.69) is 5.32 Å². The number of halogens is 6. The van der Waals surface area contributed by atoms with E-state index in [1.807, 2.05) is 20.8 Å². The topological polar surface area (TPSA) is 32.3 Å². The number of phenols is 1. The fourth-order valence-corrected chi connectivity index (χ4v) is 2.54. The van der Waals surface area contributed by atoms with Crippen molar-refractivity contribution in [2.24, 2.45) is 0 Å². The monoisotopic (exact) mass is 427 g/mol. The van der Waals surface area contributed by atoms with E-state index in [1.54, 1.807) is 0 Å². The first-order valence-electron chi connectivity index (χ1n) is 7.52. The third-order valence-corrected chi connectivity index (χ3v) is 4.29. The second-order valence-corrected chi connectivity index (χ2v) is 7.58. The molecule has 2 aromatic rings. The van der Waals surface area contributed by atoms with E-state index >= 15 is 0 Å². The number of aromatic hydroxyl groups is 1. The van der Waals surface area contributed by atoms with Crippen molar-refractivity contribution in [3.63, 3.8) is 0 Å². The molecule has 0 amide bonds. The van der Waals surface area contributed by atoms with Gasteiger partial charge in [0.1, 0.15) is 5.75 Å². The van der Waals surface area contributed by atoms with Gasteiger partial charge in [-0.1, -0.05) is 29.3 Å². The molecule has 144 valence electrons. The lowest BCUT2D eigenvalue weighted by Gasteiger charge is -2.22. The fraction of sp³-hybridized carbons (Fsp3) is 0.333. The molecule has 0 fully saturated rings. The Labute approximate surface area is 166 Å². The van der Waals surface area contributed by atoms with Crippen molar-refractivity contribution in [1.29, 1.82) is 0 Å². The third-order valence-electron chi connectivity index (χ3n) is 3.56. The van der Waals surface area contributed by atoms with Crippen LogP contribution in [0.3, 0.4) is 0 Å². The van der Waals surface area contributed by atoms with Crippen molar-refractivity contribution >= 4 is 35.6 Å². The molecule has 0 heterocycles. The van der Waals surface area contributed by atoms with Crippen molar-refractivity contribution in [2.45, 2.75) is 39.0 Å². The fourth-order valence-electron chi connectivity index (χ4n) is 2.24. The van der Waals surface area contributed by atoms with Gasteiger partial charge in [0, 0.05) is 23.2 Å². The van der Waals surface area contributed by atoms with E-state index in [9.17, 15) is 18.3 Å². The van der Waals surface area contributed by atoms with Gasteiger partial charge in [0.2, 0.25) is 0 Å². The molecule has 0 aliphatic carbocycles. The summed E-state index contributed by atoms with van der Waals surface area (Å²) in [7, 11) is 0. The van der Waals surface area contributed by atoms with Gasteiger partial charge in [0.05, 0.1) is 15.6 Å². The van der Waals surface area contributed by atoms with Crippen LogP contribution in [0.4, 0.5) is 13.2 Å². The van der Waals surface area contributed by atoms with Crippen LogP contribution in [0, 0.1) is 0 Å². The summed E-state index contributed by atoms with van der Waals surface area (Å²) in [6.07, 6.45) is -4.53. The highest BCUT2D eigenvalue weighted by atomic mass is 35.5. The first-order valence-corrected chi connectivity index (χ1v) is 8.27. The molecule has 2 aromatic carbocycles. The number of rotatable bonds is 3. The van der Waals surface area contributed by atoms with E-state index in [0.717, 1.165) is 12.1 Å². The number of nitrogens with one attached hydrogen (secondary N) is 1. The molecule has 26 heavy (non-hydrogen) atoms. The third kappa shape index (κ3) is 5.68. The number of phenolic OH excluding ortho intramolecular Hbond substituents is 1. The standard InChI is InChI=1S/C18H18Cl2F3NO.ClH/c1-17(2,3)24-9-11-6-12(18(21,22)23)8-13(16(11)25)10-4-5-14(19)15(20)7-10;/h4-8,24-25H,9H2,1-3H3;1H. The van der Waals surface area contributed by atoms with Crippen LogP contribution in [0.5, 0.6) is 5.75 Å². The van der Waals surface area contributed by atoms with Crippen molar-refractivity contribution in [3.8, 4) is 16.9 Å². The number of hydrogen-bond acceptors (Lipinski definition) is 2. The molecule has 2 rings (SSSR count). The summed E-state index contributed by atoms with van der Waals surface area (Å²) in [6, 6.07) is 6.29. The molecule has 0 aliphatic heterocycles. The Kier molecular flexibility index (Phi) is 7.27. The molecule has 0 aromatic heterocycles. The Morgan fingerprint density at radius 1 is 1.00 bits per heavy atom. The predicted octanol–water partition coefficient (Wildman–Crippen LogP) is 6.69. The van der Waals surface area contributed by atoms with Crippen molar-refractivity contribution in [3.05, 3.63) is 51.5 Å². The van der Waals surface area contributed by atoms with Crippen molar-refractivity contribution in [2.75, 3.05) is 0 Å². The average molecular weight is 429 g/mol. The molecular formula is C18H19Cl3F3NO. The number of hydrogen-bond donors (Lipinski definition) is 2. The Morgan fingerprint density at radius 2 is 1.62 bits per heavy atom. The van der Waals surface area contributed by atoms with Crippen LogP contribution in [-0.2, 0) is 12.7 Å². The van der Waals surface area contributed by atoms with Gasteiger partial charge in [0.25, 0.3) is 0 Å². The zero-order valence-corrected chi connectivity index (χ0v) is 16.7. The van der Waals surface area contributed by atoms with Crippen LogP contribution in [0.25, 0.3) is 11.1 Å². The SMILES string of the molecule is CC(C)(C)NCc1cc(C(F)(F)F)cc(-c2ccc(Cl)c(Cl)c2)c1O.Cl. The first-order chi connectivity index (χ1) is 11.4. The van der Waals surface area contributed by atoms with Crippen molar-refractivity contribution < 1.29 is 18.3 Å². The van der Waals surface area contributed by atoms with Crippen LogP contribution in [0.2, 0.25) is 10.0 Å². The van der Waals surface area contributed by atoms with Crippen LogP contribution in [0.1, 0.15) is 31.9 Å². The highest BCUT2D eigenvalue weighted by Gasteiger charge is 2.32. The molecule has 0 spiro atoms. The zero-order valence-electron chi connectivity index (χ0n) is 14.3. The van der Waals surface area contributed by atoms with Gasteiger partial charge in [-0.25, -0.2) is 0 Å². The normalized spacial score (nSPS) is 12.0. The number of alkyl halides is 3. The van der Waals surface area contributed by atoms with Gasteiger partial charge in [-0.2, -0.15) is 13.2 Å². The van der Waals surface area contributed by atoms with E-state index in [-0.39, 0.29) is 51.4 Å². The van der Waals surface area contributed by atoms with Crippen LogP contribution >= 0.6 is 35.6 Å². The maximum absolute atomic E-state index is 13.3. The molecule has 0 saturated carbocycles. The lowest BCUT2D eigenvalue weighted by Crippen LogP contribution is -2.35. The van der Waals surface area contributed by atoms with Crippen LogP contribution < -0.4 is 5.32 Å². The predicted molar refractivity (Wildman–Crippen MR) is 102 cm³/mol. The van der Waals surface area contributed by atoms with E-state index in [4.69, 9.17) is 23.2 Å². The maximum Gasteiger partial charge on any atom is 0.416 e. The van der Waals surface area contributed by atoms with Crippen LogP contribution in [-0.4, -0.2) is 10.6 Å². The maximum atomic E-state index is 13.3. The molecule has 0 atom stereocenters. The van der Waals surface area contributed by atoms with Gasteiger partial charge in [0.15, 0.2) is 0 Å². The smallest absolute Gasteiger partial charge is 0.416 e. The molecule has 2 N–H and O–H groups in total. The summed E-state index contributed by atoms with van der Waals surface area (Å²) in [6.45, 7) is 5.75. The van der Waals surface area contributed by atoms with Gasteiger partial charge >= 0.3 is 6.18 Å². The summed E-state index contributed by atoms with van der Waals surface area (Å²) >= 11 is 11.8. The van der Waals surface area contributed by atoms with Gasteiger partial charge in [-0.3, -0.25) is 0 Å². The second kappa shape index (κ2) is 8.26. The average Bonchev–Trinajstić information content (AvgIpc) is 2.47. The quantitative estimate of drug-likeness (QED) is 0.570. The highest BCUT2D eigenvalue weighted by Crippen LogP contribution is 2.40. The van der Waals surface area contributed by atoms with Gasteiger partial charge < -0.3 is 10.4 Å². The molecular weight excluding hydrogens is 410 g/mol. The molecule has 0 radical (unpaired) electrons. The number of benzene rings is 2. The summed E-state index contributed by atoms with van der Waals surface area (Å²) < 4.78 is 39.8. The van der Waals surface area contributed by atoms with Gasteiger partial charge in [-0.15, -0.1) is 12.4 Å². The first kappa shape index (κ1) is 22.9. The summed E-state index contributed by atoms with van der Waals surface area (Å²) in [5.74, 6) is -0.219. The van der Waals surface area contributed by atoms with Gasteiger partial charge in [-0.05, 0) is 50.6 Å².